The molecule has 0 N–H and O–H groups in total. The Labute approximate surface area is 179 Å². The van der Waals surface area contributed by atoms with Crippen molar-refractivity contribution >= 4 is 39.7 Å². The molecule has 0 saturated heterocycles. The third kappa shape index (κ3) is 3.50. The number of benzene rings is 2. The number of carbonyl (C=O) groups excluding carboxylic acids is 2. The van der Waals surface area contributed by atoms with Crippen LogP contribution < -0.4 is 0 Å². The monoisotopic (exact) mass is 434 g/mol. The molecule has 4 nitrogen and oxygen atoms in total. The molecule has 4 rings (SSSR count). The van der Waals surface area contributed by atoms with Crippen LogP contribution in [0.3, 0.4) is 0 Å². The molecule has 0 bridgehead atoms. The largest absolute Gasteiger partial charge is 0.543 e. The molecule has 154 valence electrons. The van der Waals surface area contributed by atoms with Crippen LogP contribution in [-0.2, 0) is 8.85 Å². The van der Waals surface area contributed by atoms with E-state index in [4.69, 9.17) is 8.85 Å². The van der Waals surface area contributed by atoms with Crippen LogP contribution in [0.2, 0.25) is 39.3 Å². The summed E-state index contributed by atoms with van der Waals surface area (Å²) in [6.45, 7) is 12.4. The van der Waals surface area contributed by atoms with Crippen molar-refractivity contribution < 1.29 is 18.4 Å². The second kappa shape index (κ2) is 6.92. The Kier molecular flexibility index (Phi) is 4.75. The normalized spacial score (nSPS) is 16.2. The summed E-state index contributed by atoms with van der Waals surface area (Å²) >= 11 is 0. The van der Waals surface area contributed by atoms with Crippen LogP contribution in [0.25, 0.3) is 11.5 Å². The molecule has 0 aliphatic heterocycles. The highest BCUT2D eigenvalue weighted by atomic mass is 28.4. The number of carbonyl (C=O) groups is 2. The van der Waals surface area contributed by atoms with E-state index >= 15 is 0 Å². The first kappa shape index (κ1) is 20.6. The molecule has 2 aromatic carbocycles. The van der Waals surface area contributed by atoms with Gasteiger partial charge in [-0.15, -0.1) is 0 Å². The summed E-state index contributed by atoms with van der Waals surface area (Å²) in [6, 6.07) is 14.7. The zero-order valence-corrected chi connectivity index (χ0v) is 20.3. The Balaban J connectivity index is 2.13. The molecule has 0 saturated carbocycles. The van der Waals surface area contributed by atoms with Crippen LogP contribution in [0.5, 0.6) is 0 Å². The summed E-state index contributed by atoms with van der Waals surface area (Å²) in [5.41, 5.74) is 3.15. The van der Waals surface area contributed by atoms with Gasteiger partial charge in [0.05, 0.1) is 11.1 Å². The zero-order valence-electron chi connectivity index (χ0n) is 18.3. The van der Waals surface area contributed by atoms with E-state index in [0.29, 0.717) is 44.9 Å². The van der Waals surface area contributed by atoms with Crippen molar-refractivity contribution in [3.63, 3.8) is 0 Å². The van der Waals surface area contributed by atoms with Gasteiger partial charge in [0.1, 0.15) is 11.5 Å². The summed E-state index contributed by atoms with van der Waals surface area (Å²) in [5, 5.41) is 0. The lowest BCUT2D eigenvalue weighted by molar-refractivity contribution is 0.0988. The molecule has 0 heterocycles. The van der Waals surface area contributed by atoms with E-state index in [0.717, 1.165) is 0 Å². The van der Waals surface area contributed by atoms with Crippen molar-refractivity contribution in [2.45, 2.75) is 39.3 Å². The number of allylic oxidation sites excluding steroid dienone is 2. The highest BCUT2D eigenvalue weighted by molar-refractivity contribution is 6.71. The molecule has 0 radical (unpaired) electrons. The Morgan fingerprint density at radius 1 is 0.533 bits per heavy atom. The van der Waals surface area contributed by atoms with Gasteiger partial charge in [-0.05, 0) is 39.3 Å². The predicted molar refractivity (Wildman–Crippen MR) is 124 cm³/mol. The minimum absolute atomic E-state index is 0.181. The number of hydrogen-bond donors (Lipinski definition) is 0. The minimum atomic E-state index is -2.08. The first-order valence-corrected chi connectivity index (χ1v) is 16.9. The van der Waals surface area contributed by atoms with Gasteiger partial charge in [0.25, 0.3) is 0 Å². The topological polar surface area (TPSA) is 52.6 Å². The predicted octanol–water partition coefficient (Wildman–Crippen LogP) is 5.90. The molecule has 0 atom stereocenters. The molecule has 6 heteroatoms. The lowest BCUT2D eigenvalue weighted by Gasteiger charge is -2.34. The summed E-state index contributed by atoms with van der Waals surface area (Å²) in [6.07, 6.45) is 0. The number of Topliss-reactive ketones (excluding diaryl/α,β-unsaturated/α-hetero) is 2. The van der Waals surface area contributed by atoms with Crippen LogP contribution in [0.15, 0.2) is 59.7 Å². The van der Waals surface area contributed by atoms with Crippen LogP contribution in [-0.4, -0.2) is 28.2 Å². The van der Waals surface area contributed by atoms with Crippen molar-refractivity contribution in [3.8, 4) is 0 Å². The maximum Gasteiger partial charge on any atom is 0.242 e. The van der Waals surface area contributed by atoms with Crippen molar-refractivity contribution in [1.29, 1.82) is 0 Å². The fourth-order valence-electron chi connectivity index (χ4n) is 3.78. The van der Waals surface area contributed by atoms with Crippen molar-refractivity contribution in [2.75, 3.05) is 0 Å². The third-order valence-corrected chi connectivity index (χ3v) is 6.44. The van der Waals surface area contributed by atoms with Crippen molar-refractivity contribution in [2.24, 2.45) is 0 Å². The van der Waals surface area contributed by atoms with Gasteiger partial charge in [0.2, 0.25) is 16.6 Å². The minimum Gasteiger partial charge on any atom is -0.543 e. The van der Waals surface area contributed by atoms with Crippen LogP contribution in [0.4, 0.5) is 0 Å². The Morgan fingerprint density at radius 2 is 0.833 bits per heavy atom. The molecule has 2 aliphatic rings. The van der Waals surface area contributed by atoms with Crippen molar-refractivity contribution in [3.05, 3.63) is 81.9 Å². The molecule has 30 heavy (non-hydrogen) atoms. The van der Waals surface area contributed by atoms with E-state index in [1.807, 2.05) is 36.4 Å². The lowest BCUT2D eigenvalue weighted by atomic mass is 9.76. The van der Waals surface area contributed by atoms with E-state index in [1.165, 1.54) is 0 Å². The van der Waals surface area contributed by atoms with Gasteiger partial charge in [0.15, 0.2) is 11.6 Å². The zero-order chi connectivity index (χ0) is 21.8. The first-order valence-electron chi connectivity index (χ1n) is 10.1. The molecular weight excluding hydrogens is 408 g/mol. The van der Waals surface area contributed by atoms with Gasteiger partial charge in [-0.3, -0.25) is 9.59 Å². The van der Waals surface area contributed by atoms with Gasteiger partial charge in [0, 0.05) is 22.3 Å². The van der Waals surface area contributed by atoms with Gasteiger partial charge in [-0.1, -0.05) is 48.5 Å². The standard InChI is InChI=1S/C24H26O4Si2/c1-29(2,3)27-23-17-13-9-7-11-15(17)22(26)20-19(23)21(25)16-12-8-10-14-18(16)24(20)28-30(4,5)6/h7-14H,1-6H3. The van der Waals surface area contributed by atoms with Gasteiger partial charge in [-0.2, -0.15) is 0 Å². The number of rotatable bonds is 4. The van der Waals surface area contributed by atoms with Crippen LogP contribution >= 0.6 is 0 Å². The second-order valence-corrected chi connectivity index (χ2v) is 18.4. The molecule has 2 aliphatic carbocycles. The molecular formula is C24H26O4Si2. The molecule has 0 amide bonds. The average Bonchev–Trinajstić information content (AvgIpc) is 2.66. The van der Waals surface area contributed by atoms with Crippen molar-refractivity contribution in [1.82, 2.24) is 0 Å². The summed E-state index contributed by atoms with van der Waals surface area (Å²) in [7, 11) is -4.16. The fraction of sp³-hybridized carbons (Fsp3) is 0.250. The number of ketones is 2. The quantitative estimate of drug-likeness (QED) is 0.562. The maximum atomic E-state index is 13.7. The van der Waals surface area contributed by atoms with E-state index in [2.05, 4.69) is 39.3 Å². The maximum absolute atomic E-state index is 13.7. The Hall–Kier alpha value is -2.71. The fourth-order valence-corrected chi connectivity index (χ4v) is 5.43. The highest BCUT2D eigenvalue weighted by Crippen LogP contribution is 2.46. The molecule has 0 fully saturated rings. The van der Waals surface area contributed by atoms with Crippen LogP contribution in [0.1, 0.15) is 31.8 Å². The van der Waals surface area contributed by atoms with E-state index in [-0.39, 0.29) is 11.6 Å². The summed E-state index contributed by atoms with van der Waals surface area (Å²) in [5.74, 6) is 0.658. The van der Waals surface area contributed by atoms with Crippen LogP contribution in [0, 0.1) is 0 Å². The van der Waals surface area contributed by atoms with Gasteiger partial charge >= 0.3 is 0 Å². The smallest absolute Gasteiger partial charge is 0.242 e. The first-order chi connectivity index (χ1) is 14.0. The van der Waals surface area contributed by atoms with Gasteiger partial charge < -0.3 is 8.85 Å². The Morgan fingerprint density at radius 3 is 1.13 bits per heavy atom. The summed E-state index contributed by atoms with van der Waals surface area (Å²) in [4.78, 5) is 27.3. The highest BCUT2D eigenvalue weighted by Gasteiger charge is 2.43. The molecule has 0 spiro atoms. The SMILES string of the molecule is C[Si](C)(C)OC1=C2C(=O)c3ccccc3C(O[Si](C)(C)C)=C2C(=O)c2ccccc21. The second-order valence-electron chi connectivity index (χ2n) is 9.59. The Bertz CT molecular complexity index is 1050. The van der Waals surface area contributed by atoms with Gasteiger partial charge in [-0.25, -0.2) is 0 Å². The average molecular weight is 435 g/mol. The molecule has 0 aromatic heterocycles. The lowest BCUT2D eigenvalue weighted by Crippen LogP contribution is -2.34. The van der Waals surface area contributed by atoms with E-state index < -0.39 is 16.6 Å². The third-order valence-electron chi connectivity index (χ3n) is 4.81. The molecule has 2 aromatic rings. The number of fused-ring (bicyclic) bond motifs is 3. The molecule has 0 unspecified atom stereocenters. The number of hydrogen-bond acceptors (Lipinski definition) is 4. The summed E-state index contributed by atoms with van der Waals surface area (Å²) < 4.78 is 12.9. The van der Waals surface area contributed by atoms with E-state index in [9.17, 15) is 9.59 Å². The van der Waals surface area contributed by atoms with E-state index in [1.54, 1.807) is 12.1 Å².